The Bertz CT molecular complexity index is 1220. The van der Waals surface area contributed by atoms with Crippen molar-refractivity contribution in [2.45, 2.75) is 153 Å². The largest absolute Gasteiger partial charge is 0.372 e. The van der Waals surface area contributed by atoms with Gasteiger partial charge in [-0.25, -0.2) is 0 Å². The van der Waals surface area contributed by atoms with Crippen molar-refractivity contribution in [1.29, 1.82) is 0 Å². The van der Waals surface area contributed by atoms with E-state index in [0.29, 0.717) is 31.0 Å². The molecule has 292 valence electrons. The Labute approximate surface area is 312 Å². The van der Waals surface area contributed by atoms with E-state index in [1.54, 1.807) is 19.3 Å². The summed E-state index contributed by atoms with van der Waals surface area (Å²) in [5, 5.41) is 4.22. The summed E-state index contributed by atoms with van der Waals surface area (Å²) in [5.74, 6) is 1.19. The number of rotatable bonds is 16. The van der Waals surface area contributed by atoms with Gasteiger partial charge in [0, 0.05) is 66.2 Å². The number of hydrogen-bond donors (Lipinski definition) is 0. The van der Waals surface area contributed by atoms with E-state index in [0.717, 1.165) is 61.7 Å². The van der Waals surface area contributed by atoms with E-state index in [2.05, 4.69) is 55.0 Å². The molecule has 0 saturated carbocycles. The number of Topliss-reactive ketones (excluding diaryl/α,β-unsaturated/α-hetero) is 2. The smallest absolute Gasteiger partial charge is 0.293 e. The van der Waals surface area contributed by atoms with Crippen LogP contribution in [0.15, 0.2) is 36.7 Å². The van der Waals surface area contributed by atoms with Crippen LogP contribution in [0.2, 0.25) is 0 Å². The summed E-state index contributed by atoms with van der Waals surface area (Å²) in [5.41, 5.74) is 2.83. The molecule has 1 aliphatic heterocycles. The van der Waals surface area contributed by atoms with Crippen LogP contribution in [0, 0.1) is 16.7 Å². The van der Waals surface area contributed by atoms with Gasteiger partial charge in [0.15, 0.2) is 7.05 Å². The van der Waals surface area contributed by atoms with Crippen molar-refractivity contribution in [2.24, 2.45) is 11.8 Å². The second-order valence-electron chi connectivity index (χ2n) is 12.8. The predicted octanol–water partition coefficient (Wildman–Crippen LogP) is 10.6. The van der Waals surface area contributed by atoms with Gasteiger partial charge in [-0.1, -0.05) is 102 Å². The van der Waals surface area contributed by atoms with E-state index in [9.17, 15) is 19.3 Å². The van der Waals surface area contributed by atoms with Gasteiger partial charge in [0.25, 0.3) is 5.69 Å². The summed E-state index contributed by atoms with van der Waals surface area (Å²) in [6, 6.07) is 8.73. The number of aromatic nitrogens is 2. The van der Waals surface area contributed by atoms with Gasteiger partial charge < -0.3 is 9.80 Å². The molecule has 1 amide bonds. The van der Waals surface area contributed by atoms with Crippen LogP contribution in [0.4, 0.5) is 11.4 Å². The Morgan fingerprint density at radius 1 is 0.902 bits per heavy atom. The molecule has 9 nitrogen and oxygen atoms in total. The third-order valence-electron chi connectivity index (χ3n) is 9.00. The molecule has 1 aliphatic rings. The zero-order valence-electron chi connectivity index (χ0n) is 35.1. The van der Waals surface area contributed by atoms with Crippen LogP contribution in [-0.4, -0.2) is 70.1 Å². The number of carbonyl (C=O) groups excluding carboxylic acids is 3. The molecule has 2 atom stereocenters. The molecule has 2 unspecified atom stereocenters. The quantitative estimate of drug-likeness (QED) is 0.161. The van der Waals surface area contributed by atoms with E-state index in [4.69, 9.17) is 0 Å². The molecule has 3 rings (SSSR count). The molecule has 1 fully saturated rings. The van der Waals surface area contributed by atoms with Crippen LogP contribution in [0.25, 0.3) is 0 Å². The molecule has 0 radical (unpaired) electrons. The second-order valence-corrected chi connectivity index (χ2v) is 12.8. The molecule has 0 aliphatic carbocycles. The number of likely N-dealkylation sites (tertiary alicyclic amines) is 1. The minimum atomic E-state index is -0.179. The summed E-state index contributed by atoms with van der Waals surface area (Å²) in [7, 11) is 1.46. The van der Waals surface area contributed by atoms with Gasteiger partial charge in [0.05, 0.1) is 6.04 Å². The number of benzene rings is 1. The lowest BCUT2D eigenvalue weighted by Gasteiger charge is -2.31. The summed E-state index contributed by atoms with van der Waals surface area (Å²) in [4.78, 5) is 51.1. The molecule has 1 saturated heterocycles. The highest BCUT2D eigenvalue weighted by Crippen LogP contribution is 2.27. The highest BCUT2D eigenvalue weighted by Gasteiger charge is 2.25. The van der Waals surface area contributed by atoms with Crippen molar-refractivity contribution in [2.75, 3.05) is 38.1 Å². The molecule has 0 spiro atoms. The van der Waals surface area contributed by atoms with Gasteiger partial charge in [-0.2, -0.15) is 5.10 Å². The SMILES string of the molecule is CC.CC.CC.CCC(=O)N1CCC(n2cc([N+](C)=O)cn2)CC1.CCCN(CCC(C)CC)c1ccc(C(CCC(=O)C(C)C)C(C)=O)cc1. The summed E-state index contributed by atoms with van der Waals surface area (Å²) < 4.78 is 2.65. The first-order chi connectivity index (χ1) is 24.4. The molecule has 0 N–H and O–H groups in total. The molecule has 2 heterocycles. The van der Waals surface area contributed by atoms with E-state index >= 15 is 0 Å². The fourth-order valence-electron chi connectivity index (χ4n) is 5.61. The Hall–Kier alpha value is -3.36. The van der Waals surface area contributed by atoms with Gasteiger partial charge >= 0.3 is 0 Å². The average Bonchev–Trinajstić information content (AvgIpc) is 3.67. The Morgan fingerprint density at radius 2 is 1.47 bits per heavy atom. The highest BCUT2D eigenvalue weighted by atomic mass is 16.3. The van der Waals surface area contributed by atoms with Gasteiger partial charge in [-0.05, 0) is 62.6 Å². The van der Waals surface area contributed by atoms with Crippen molar-refractivity contribution in [3.05, 3.63) is 47.1 Å². The third-order valence-corrected chi connectivity index (χ3v) is 9.00. The fourth-order valence-corrected chi connectivity index (χ4v) is 5.61. The van der Waals surface area contributed by atoms with Gasteiger partial charge in [-0.3, -0.25) is 19.1 Å². The maximum Gasteiger partial charge on any atom is 0.293 e. The van der Waals surface area contributed by atoms with Crippen molar-refractivity contribution in [3.63, 3.8) is 0 Å². The number of nitrogens with zero attached hydrogens (tertiary/aromatic N) is 5. The molecule has 51 heavy (non-hydrogen) atoms. The van der Waals surface area contributed by atoms with Gasteiger partial charge in [0.2, 0.25) is 5.91 Å². The first-order valence-corrected chi connectivity index (χ1v) is 20.0. The van der Waals surface area contributed by atoms with Crippen LogP contribution >= 0.6 is 0 Å². The maximum atomic E-state index is 12.1. The summed E-state index contributed by atoms with van der Waals surface area (Å²) >= 11 is 0. The molecule has 1 aromatic carbocycles. The van der Waals surface area contributed by atoms with Gasteiger partial charge in [0.1, 0.15) is 24.0 Å². The monoisotopic (exact) mass is 715 g/mol. The number of amides is 1. The van der Waals surface area contributed by atoms with Crippen molar-refractivity contribution in [1.82, 2.24) is 14.7 Å². The number of carbonyl (C=O) groups is 3. The number of ketones is 2. The third kappa shape index (κ3) is 18.6. The number of nitroso groups, excluding NO2 is 1. The Morgan fingerprint density at radius 3 is 1.90 bits per heavy atom. The molecule has 2 aromatic rings. The lowest BCUT2D eigenvalue weighted by molar-refractivity contribution is -0.428. The van der Waals surface area contributed by atoms with Crippen LogP contribution in [0.3, 0.4) is 0 Å². The number of anilines is 1. The number of piperidine rings is 1. The fraction of sp³-hybridized carbons (Fsp3) is 0.714. The molecular formula is C42H76N5O4+. The van der Waals surface area contributed by atoms with E-state index in [-0.39, 0.29) is 29.3 Å². The van der Waals surface area contributed by atoms with Crippen molar-refractivity contribution in [3.8, 4) is 0 Å². The Balaban J connectivity index is 0. The van der Waals surface area contributed by atoms with E-state index in [1.165, 1.54) is 25.6 Å². The van der Waals surface area contributed by atoms with Crippen LogP contribution in [-0.2, 0) is 14.4 Å². The molecular weight excluding hydrogens is 638 g/mol. The molecule has 9 heteroatoms. The normalized spacial score (nSPS) is 13.4. The first kappa shape index (κ1) is 49.8. The standard InChI is InChI=1S/C24H39NO2.C12H19N4O2.3C2H6/c1-7-16-25(17-15-19(5)8-2)22-11-9-21(10-12-22)23(20(6)26)13-14-24(27)18(3)4;1-3-12(17)15-6-4-10(5-7-15)16-9-11(8-13-16)14(2)18;3*1-2/h9-12,18-19,23H,7-8,13-17H2,1-6H3;8-10H,3-7H2,1-2H3;3*1-2H3/q;+1;;;. The number of hydrogen-bond acceptors (Lipinski definition) is 6. The van der Waals surface area contributed by atoms with Crippen LogP contribution < -0.4 is 4.90 Å². The minimum Gasteiger partial charge on any atom is -0.372 e. The topological polar surface area (TPSA) is 95.6 Å². The van der Waals surface area contributed by atoms with Gasteiger partial charge in [-0.15, -0.1) is 0 Å². The Kier molecular flexibility index (Phi) is 28.5. The predicted molar refractivity (Wildman–Crippen MR) is 216 cm³/mol. The van der Waals surface area contributed by atoms with E-state index in [1.807, 2.05) is 71.9 Å². The summed E-state index contributed by atoms with van der Waals surface area (Å²) in [6.45, 7) is 29.8. The average molecular weight is 715 g/mol. The zero-order valence-corrected chi connectivity index (χ0v) is 35.1. The minimum absolute atomic E-state index is 0.0353. The molecule has 0 bridgehead atoms. The van der Waals surface area contributed by atoms with Crippen LogP contribution in [0.1, 0.15) is 159 Å². The lowest BCUT2D eigenvalue weighted by Crippen LogP contribution is -2.38. The lowest BCUT2D eigenvalue weighted by atomic mass is 9.88. The summed E-state index contributed by atoms with van der Waals surface area (Å²) in [6.07, 6.45) is 10.3. The van der Waals surface area contributed by atoms with Crippen molar-refractivity contribution < 1.29 is 19.1 Å². The second kappa shape index (κ2) is 29.2. The first-order valence-electron chi connectivity index (χ1n) is 20.0. The van der Waals surface area contributed by atoms with Crippen LogP contribution in [0.5, 0.6) is 0 Å². The zero-order chi connectivity index (χ0) is 39.5. The highest BCUT2D eigenvalue weighted by molar-refractivity contribution is 5.85. The maximum absolute atomic E-state index is 12.1. The molecule has 1 aromatic heterocycles. The van der Waals surface area contributed by atoms with E-state index < -0.39 is 0 Å². The van der Waals surface area contributed by atoms with Crippen molar-refractivity contribution >= 4 is 28.8 Å².